The lowest BCUT2D eigenvalue weighted by molar-refractivity contribution is -0.126. The average molecular weight is 261 g/mol. The standard InChI is InChI=1S/C15H23N3O/c1-12-11-17(3)14(9-10-16-2)15(19)18(12)13-7-5-4-6-8-13/h4-8,12,14,16H,9-11H2,1-3H3. The van der Waals surface area contributed by atoms with Gasteiger partial charge in [-0.1, -0.05) is 18.2 Å². The van der Waals surface area contributed by atoms with Crippen LogP contribution in [0, 0.1) is 0 Å². The van der Waals surface area contributed by atoms with Gasteiger partial charge in [0.25, 0.3) is 0 Å². The van der Waals surface area contributed by atoms with Crippen LogP contribution in [0.25, 0.3) is 0 Å². The molecular formula is C15H23N3O. The fraction of sp³-hybridized carbons (Fsp3) is 0.533. The van der Waals surface area contributed by atoms with Crippen molar-refractivity contribution in [2.45, 2.75) is 25.4 Å². The topological polar surface area (TPSA) is 35.6 Å². The lowest BCUT2D eigenvalue weighted by Crippen LogP contribution is -2.60. The van der Waals surface area contributed by atoms with Crippen LogP contribution < -0.4 is 10.2 Å². The molecule has 1 aromatic carbocycles. The first kappa shape index (κ1) is 14.0. The number of piperazine rings is 1. The van der Waals surface area contributed by atoms with Crippen molar-refractivity contribution >= 4 is 11.6 Å². The number of amides is 1. The number of carbonyl (C=O) groups is 1. The molecule has 0 aromatic heterocycles. The zero-order chi connectivity index (χ0) is 13.8. The Kier molecular flexibility index (Phi) is 4.56. The number of rotatable bonds is 4. The predicted molar refractivity (Wildman–Crippen MR) is 78.4 cm³/mol. The van der Waals surface area contributed by atoms with Crippen molar-refractivity contribution in [1.29, 1.82) is 0 Å². The third-order valence-electron chi connectivity index (χ3n) is 3.75. The lowest BCUT2D eigenvalue weighted by atomic mass is 10.0. The molecule has 1 aromatic rings. The SMILES string of the molecule is CNCCC1C(=O)N(c2ccccc2)C(C)CN1C. The molecule has 1 saturated heterocycles. The van der Waals surface area contributed by atoms with Gasteiger partial charge in [0.2, 0.25) is 5.91 Å². The van der Waals surface area contributed by atoms with Gasteiger partial charge in [-0.15, -0.1) is 0 Å². The summed E-state index contributed by atoms with van der Waals surface area (Å²) in [6, 6.07) is 10.2. The second kappa shape index (κ2) is 6.17. The van der Waals surface area contributed by atoms with Crippen molar-refractivity contribution in [3.63, 3.8) is 0 Å². The molecule has 2 unspecified atom stereocenters. The van der Waals surface area contributed by atoms with Crippen molar-refractivity contribution in [2.75, 3.05) is 32.1 Å². The minimum Gasteiger partial charge on any atom is -0.320 e. The fourth-order valence-corrected chi connectivity index (χ4v) is 2.79. The van der Waals surface area contributed by atoms with Crippen molar-refractivity contribution < 1.29 is 4.79 Å². The summed E-state index contributed by atoms with van der Waals surface area (Å²) in [5.41, 5.74) is 1.00. The summed E-state index contributed by atoms with van der Waals surface area (Å²) in [5, 5.41) is 3.12. The highest BCUT2D eigenvalue weighted by atomic mass is 16.2. The molecule has 19 heavy (non-hydrogen) atoms. The van der Waals surface area contributed by atoms with Crippen molar-refractivity contribution in [3.05, 3.63) is 30.3 Å². The van der Waals surface area contributed by atoms with E-state index in [0.29, 0.717) is 0 Å². The summed E-state index contributed by atoms with van der Waals surface area (Å²) in [7, 11) is 3.96. The lowest BCUT2D eigenvalue weighted by Gasteiger charge is -2.43. The molecule has 1 N–H and O–H groups in total. The number of hydrogen-bond acceptors (Lipinski definition) is 3. The van der Waals surface area contributed by atoms with E-state index in [-0.39, 0.29) is 18.0 Å². The number of benzene rings is 1. The number of nitrogens with one attached hydrogen (secondary N) is 1. The second-order valence-corrected chi connectivity index (χ2v) is 5.24. The molecule has 4 heteroatoms. The van der Waals surface area contributed by atoms with Gasteiger partial charge in [-0.05, 0) is 46.1 Å². The number of carbonyl (C=O) groups excluding carboxylic acids is 1. The quantitative estimate of drug-likeness (QED) is 0.888. The van der Waals surface area contributed by atoms with E-state index in [1.807, 2.05) is 49.3 Å². The van der Waals surface area contributed by atoms with Crippen LogP contribution >= 0.6 is 0 Å². The molecule has 1 amide bonds. The molecule has 0 saturated carbocycles. The summed E-state index contributed by atoms with van der Waals surface area (Å²) in [4.78, 5) is 16.8. The molecule has 4 nitrogen and oxygen atoms in total. The van der Waals surface area contributed by atoms with E-state index in [1.54, 1.807) is 0 Å². The normalized spacial score (nSPS) is 24.8. The summed E-state index contributed by atoms with van der Waals surface area (Å²) < 4.78 is 0. The summed E-state index contributed by atoms with van der Waals surface area (Å²) in [5.74, 6) is 0.211. The molecule has 104 valence electrons. The van der Waals surface area contributed by atoms with E-state index in [4.69, 9.17) is 0 Å². The van der Waals surface area contributed by atoms with Gasteiger partial charge in [-0.25, -0.2) is 0 Å². The predicted octanol–water partition coefficient (Wildman–Crippen LogP) is 1.33. The molecule has 1 heterocycles. The van der Waals surface area contributed by atoms with Gasteiger partial charge < -0.3 is 10.2 Å². The van der Waals surface area contributed by atoms with Gasteiger partial charge in [0, 0.05) is 18.3 Å². The van der Waals surface area contributed by atoms with E-state index in [9.17, 15) is 4.79 Å². The van der Waals surface area contributed by atoms with Crippen LogP contribution in [0.4, 0.5) is 5.69 Å². The Labute approximate surface area is 115 Å². The van der Waals surface area contributed by atoms with Crippen LogP contribution in [0.5, 0.6) is 0 Å². The van der Waals surface area contributed by atoms with E-state index in [0.717, 1.165) is 25.2 Å². The van der Waals surface area contributed by atoms with Crippen LogP contribution in [0.2, 0.25) is 0 Å². The Morgan fingerprint density at radius 3 is 2.63 bits per heavy atom. The highest BCUT2D eigenvalue weighted by Gasteiger charge is 2.36. The number of hydrogen-bond donors (Lipinski definition) is 1. The van der Waals surface area contributed by atoms with Gasteiger partial charge in [0.1, 0.15) is 0 Å². The molecule has 0 radical (unpaired) electrons. The van der Waals surface area contributed by atoms with Crippen molar-refractivity contribution in [3.8, 4) is 0 Å². The summed E-state index contributed by atoms with van der Waals surface area (Å²) in [6.45, 7) is 3.88. The molecular weight excluding hydrogens is 238 g/mol. The Hall–Kier alpha value is -1.39. The third-order valence-corrected chi connectivity index (χ3v) is 3.75. The molecule has 0 aliphatic carbocycles. The minimum atomic E-state index is -0.0242. The zero-order valence-corrected chi connectivity index (χ0v) is 12.0. The second-order valence-electron chi connectivity index (χ2n) is 5.24. The van der Waals surface area contributed by atoms with Crippen molar-refractivity contribution in [1.82, 2.24) is 10.2 Å². The molecule has 0 bridgehead atoms. The van der Waals surface area contributed by atoms with Crippen LogP contribution in [-0.4, -0.2) is 50.1 Å². The van der Waals surface area contributed by atoms with Gasteiger partial charge in [0.05, 0.1) is 6.04 Å². The molecule has 2 rings (SSSR count). The first-order chi connectivity index (χ1) is 9.15. The first-order valence-electron chi connectivity index (χ1n) is 6.88. The van der Waals surface area contributed by atoms with E-state index < -0.39 is 0 Å². The van der Waals surface area contributed by atoms with E-state index >= 15 is 0 Å². The molecule has 1 aliphatic heterocycles. The van der Waals surface area contributed by atoms with E-state index in [2.05, 4.69) is 17.1 Å². The monoisotopic (exact) mass is 261 g/mol. The van der Waals surface area contributed by atoms with E-state index in [1.165, 1.54) is 0 Å². The molecule has 1 fully saturated rings. The van der Waals surface area contributed by atoms with Crippen LogP contribution in [0.1, 0.15) is 13.3 Å². The maximum atomic E-state index is 12.7. The Morgan fingerprint density at radius 1 is 1.32 bits per heavy atom. The van der Waals surface area contributed by atoms with Gasteiger partial charge >= 0.3 is 0 Å². The summed E-state index contributed by atoms with van der Waals surface area (Å²) in [6.07, 6.45) is 0.849. The Bertz CT molecular complexity index is 421. The molecule has 2 atom stereocenters. The number of nitrogens with zero attached hydrogens (tertiary/aromatic N) is 2. The largest absolute Gasteiger partial charge is 0.320 e. The van der Waals surface area contributed by atoms with Gasteiger partial charge in [0.15, 0.2) is 0 Å². The average Bonchev–Trinajstić information content (AvgIpc) is 2.39. The Balaban J connectivity index is 2.21. The molecule has 0 spiro atoms. The van der Waals surface area contributed by atoms with Crippen molar-refractivity contribution in [2.24, 2.45) is 0 Å². The zero-order valence-electron chi connectivity index (χ0n) is 12.0. The summed E-state index contributed by atoms with van der Waals surface area (Å²) >= 11 is 0. The van der Waals surface area contributed by atoms with Crippen LogP contribution in [0.3, 0.4) is 0 Å². The third kappa shape index (κ3) is 2.96. The van der Waals surface area contributed by atoms with Crippen LogP contribution in [-0.2, 0) is 4.79 Å². The van der Waals surface area contributed by atoms with Crippen LogP contribution in [0.15, 0.2) is 30.3 Å². The number of anilines is 1. The number of para-hydroxylation sites is 1. The maximum absolute atomic E-state index is 12.7. The highest BCUT2D eigenvalue weighted by Crippen LogP contribution is 2.24. The molecule has 1 aliphatic rings. The Morgan fingerprint density at radius 2 is 2.00 bits per heavy atom. The fourth-order valence-electron chi connectivity index (χ4n) is 2.79. The van der Waals surface area contributed by atoms with Gasteiger partial charge in [-0.3, -0.25) is 9.69 Å². The maximum Gasteiger partial charge on any atom is 0.244 e. The smallest absolute Gasteiger partial charge is 0.244 e. The van der Waals surface area contributed by atoms with Gasteiger partial charge in [-0.2, -0.15) is 0 Å². The number of likely N-dealkylation sites (N-methyl/N-ethyl adjacent to an activating group) is 1. The highest BCUT2D eigenvalue weighted by molar-refractivity contribution is 5.98. The minimum absolute atomic E-state index is 0.0242. The first-order valence-corrected chi connectivity index (χ1v) is 6.88.